The second-order valence-electron chi connectivity index (χ2n) is 12.8. The van der Waals surface area contributed by atoms with Gasteiger partial charge in [-0.1, -0.05) is 121 Å². The van der Waals surface area contributed by atoms with E-state index in [1.807, 2.05) is 72.0 Å². The van der Waals surface area contributed by atoms with Gasteiger partial charge in [0.05, 0.1) is 16.6 Å². The van der Waals surface area contributed by atoms with Crippen LogP contribution in [-0.4, -0.2) is 19.4 Å². The standard InChI is InChI=1S/C45H26N4S/c1-3-12-27(13-4-1)43-46-44(28-14-5-2-6-15-28)48-45(47-43)31-17-11-16-29(24-31)30-22-23-38-35(25-30)40-39(50-38)26-34-32-18-7-9-20-36(32)49-37-21-10-8-19-33(37)41(40)42(34)49/h1-26H. The van der Waals surface area contributed by atoms with Gasteiger partial charge in [-0.25, -0.2) is 15.0 Å². The molecule has 232 valence electrons. The number of benzene rings is 7. The molecule has 0 radical (unpaired) electrons. The number of para-hydroxylation sites is 2. The van der Waals surface area contributed by atoms with Crippen LogP contribution < -0.4 is 0 Å². The average molecular weight is 655 g/mol. The molecule has 0 fully saturated rings. The molecular formula is C45H26N4S. The molecule has 11 rings (SSSR count). The predicted octanol–water partition coefficient (Wildman–Crippen LogP) is 12.1. The van der Waals surface area contributed by atoms with Gasteiger partial charge in [0, 0.05) is 58.4 Å². The van der Waals surface area contributed by atoms with Crippen molar-refractivity contribution in [1.82, 2.24) is 19.4 Å². The summed E-state index contributed by atoms with van der Waals surface area (Å²) in [6.07, 6.45) is 0. The van der Waals surface area contributed by atoms with Crippen molar-refractivity contribution in [3.05, 3.63) is 158 Å². The molecule has 5 heteroatoms. The molecule has 0 spiro atoms. The van der Waals surface area contributed by atoms with Gasteiger partial charge in [0.25, 0.3) is 0 Å². The Kier molecular flexibility index (Phi) is 5.80. The lowest BCUT2D eigenvalue weighted by Crippen LogP contribution is -2.00. The first-order valence-electron chi connectivity index (χ1n) is 16.8. The van der Waals surface area contributed by atoms with Gasteiger partial charge >= 0.3 is 0 Å². The molecule has 0 saturated heterocycles. The van der Waals surface area contributed by atoms with E-state index in [0.29, 0.717) is 17.5 Å². The van der Waals surface area contributed by atoms with Crippen LogP contribution in [0.3, 0.4) is 0 Å². The average Bonchev–Trinajstić information content (AvgIpc) is 3.84. The maximum Gasteiger partial charge on any atom is 0.164 e. The lowest BCUT2D eigenvalue weighted by atomic mass is 9.98. The highest BCUT2D eigenvalue weighted by Crippen LogP contribution is 2.48. The molecule has 4 heterocycles. The van der Waals surface area contributed by atoms with Crippen LogP contribution in [0.1, 0.15) is 0 Å². The SMILES string of the molecule is c1ccc(-c2nc(-c3ccccc3)nc(-c3cccc(-c4ccc5sc6cc7c8ccccc8n8c9ccccc9c(c6c5c4)c78)c3)n2)cc1. The number of rotatable bonds is 4. The minimum Gasteiger partial charge on any atom is -0.308 e. The van der Waals surface area contributed by atoms with Crippen molar-refractivity contribution < 1.29 is 0 Å². The second-order valence-corrected chi connectivity index (χ2v) is 13.9. The molecular weight excluding hydrogens is 629 g/mol. The number of nitrogens with zero attached hydrogens (tertiary/aromatic N) is 4. The van der Waals surface area contributed by atoms with E-state index >= 15 is 0 Å². The van der Waals surface area contributed by atoms with Gasteiger partial charge in [-0.2, -0.15) is 0 Å². The van der Waals surface area contributed by atoms with Crippen LogP contribution in [0.4, 0.5) is 0 Å². The monoisotopic (exact) mass is 654 g/mol. The fourth-order valence-electron chi connectivity index (χ4n) is 7.73. The summed E-state index contributed by atoms with van der Waals surface area (Å²) < 4.78 is 5.08. The maximum atomic E-state index is 4.99. The fraction of sp³-hybridized carbons (Fsp3) is 0. The van der Waals surface area contributed by atoms with E-state index in [1.165, 1.54) is 63.8 Å². The number of aromatic nitrogens is 4. The third-order valence-electron chi connectivity index (χ3n) is 9.96. The van der Waals surface area contributed by atoms with Crippen LogP contribution >= 0.6 is 11.3 Å². The van der Waals surface area contributed by atoms with Crippen molar-refractivity contribution in [2.75, 3.05) is 0 Å². The maximum absolute atomic E-state index is 4.99. The van der Waals surface area contributed by atoms with E-state index in [-0.39, 0.29) is 0 Å². The molecule has 0 aliphatic heterocycles. The highest BCUT2D eigenvalue weighted by molar-refractivity contribution is 7.26. The Hall–Kier alpha value is -6.43. The molecule has 7 aromatic carbocycles. The Bertz CT molecular complexity index is 3030. The third-order valence-corrected chi connectivity index (χ3v) is 11.1. The van der Waals surface area contributed by atoms with Crippen molar-refractivity contribution in [3.63, 3.8) is 0 Å². The van der Waals surface area contributed by atoms with Crippen LogP contribution in [0, 0.1) is 0 Å². The van der Waals surface area contributed by atoms with Crippen molar-refractivity contribution in [2.45, 2.75) is 0 Å². The zero-order chi connectivity index (χ0) is 32.8. The molecule has 0 bridgehead atoms. The second kappa shape index (κ2) is 10.5. The summed E-state index contributed by atoms with van der Waals surface area (Å²) >= 11 is 1.88. The Morgan fingerprint density at radius 3 is 1.64 bits per heavy atom. The molecule has 0 amide bonds. The molecule has 11 aromatic rings. The molecule has 0 unspecified atom stereocenters. The van der Waals surface area contributed by atoms with Crippen molar-refractivity contribution in [2.24, 2.45) is 0 Å². The van der Waals surface area contributed by atoms with Gasteiger partial charge in [-0.05, 0) is 47.5 Å². The number of fused-ring (bicyclic) bond motifs is 10. The van der Waals surface area contributed by atoms with Crippen molar-refractivity contribution >= 4 is 69.6 Å². The third kappa shape index (κ3) is 4.01. The zero-order valence-electron chi connectivity index (χ0n) is 26.7. The van der Waals surface area contributed by atoms with Gasteiger partial charge in [0.2, 0.25) is 0 Å². The predicted molar refractivity (Wildman–Crippen MR) is 209 cm³/mol. The van der Waals surface area contributed by atoms with Crippen LogP contribution in [0.25, 0.3) is 104 Å². The number of hydrogen-bond acceptors (Lipinski definition) is 4. The van der Waals surface area contributed by atoms with Crippen LogP contribution in [-0.2, 0) is 0 Å². The molecule has 4 aromatic heterocycles. The van der Waals surface area contributed by atoms with E-state index < -0.39 is 0 Å². The van der Waals surface area contributed by atoms with E-state index in [0.717, 1.165) is 22.3 Å². The number of hydrogen-bond donors (Lipinski definition) is 0. The highest BCUT2D eigenvalue weighted by Gasteiger charge is 2.22. The zero-order valence-corrected chi connectivity index (χ0v) is 27.5. The largest absolute Gasteiger partial charge is 0.308 e. The van der Waals surface area contributed by atoms with Crippen molar-refractivity contribution in [1.29, 1.82) is 0 Å². The summed E-state index contributed by atoms with van der Waals surface area (Å²) in [5.41, 5.74) is 8.99. The highest BCUT2D eigenvalue weighted by atomic mass is 32.1. The molecule has 0 saturated carbocycles. The van der Waals surface area contributed by atoms with Gasteiger partial charge in [0.15, 0.2) is 17.5 Å². The summed E-state index contributed by atoms with van der Waals surface area (Å²) in [6.45, 7) is 0. The summed E-state index contributed by atoms with van der Waals surface area (Å²) in [4.78, 5) is 14.9. The summed E-state index contributed by atoms with van der Waals surface area (Å²) in [5.74, 6) is 1.97. The molecule has 0 atom stereocenters. The van der Waals surface area contributed by atoms with Gasteiger partial charge < -0.3 is 4.40 Å². The topological polar surface area (TPSA) is 43.1 Å². The van der Waals surface area contributed by atoms with Gasteiger partial charge in [-0.15, -0.1) is 11.3 Å². The first-order chi connectivity index (χ1) is 24.8. The van der Waals surface area contributed by atoms with E-state index in [1.54, 1.807) is 0 Å². The van der Waals surface area contributed by atoms with Crippen molar-refractivity contribution in [3.8, 4) is 45.3 Å². The number of thiophene rings is 1. The van der Waals surface area contributed by atoms with Gasteiger partial charge in [-0.3, -0.25) is 0 Å². The first-order valence-corrected chi connectivity index (χ1v) is 17.6. The summed E-state index contributed by atoms with van der Waals surface area (Å²) in [7, 11) is 0. The van der Waals surface area contributed by atoms with E-state index in [4.69, 9.17) is 15.0 Å². The molecule has 0 aliphatic rings. The lowest BCUT2D eigenvalue weighted by Gasteiger charge is -2.10. The summed E-state index contributed by atoms with van der Waals surface area (Å²) in [5, 5.41) is 7.89. The normalized spacial score (nSPS) is 12.0. The first kappa shape index (κ1) is 27.5. The minimum atomic E-state index is 0.654. The lowest BCUT2D eigenvalue weighted by molar-refractivity contribution is 1.07. The van der Waals surface area contributed by atoms with Gasteiger partial charge in [0.1, 0.15) is 0 Å². The quantitative estimate of drug-likeness (QED) is 0.190. The van der Waals surface area contributed by atoms with Crippen LogP contribution in [0.5, 0.6) is 0 Å². The minimum absolute atomic E-state index is 0.654. The molecule has 0 aliphatic carbocycles. The van der Waals surface area contributed by atoms with Crippen LogP contribution in [0.2, 0.25) is 0 Å². The summed E-state index contributed by atoms with van der Waals surface area (Å²) in [6, 6.07) is 55.8. The Balaban J connectivity index is 1.12. The Morgan fingerprint density at radius 1 is 0.360 bits per heavy atom. The smallest absolute Gasteiger partial charge is 0.164 e. The Labute approximate surface area is 290 Å². The molecule has 0 N–H and O–H groups in total. The Morgan fingerprint density at radius 2 is 0.920 bits per heavy atom. The van der Waals surface area contributed by atoms with E-state index in [9.17, 15) is 0 Å². The molecule has 4 nitrogen and oxygen atoms in total. The molecule has 50 heavy (non-hydrogen) atoms. The fourth-order valence-corrected chi connectivity index (χ4v) is 8.87. The van der Waals surface area contributed by atoms with E-state index in [2.05, 4.69) is 101 Å². The van der Waals surface area contributed by atoms with Crippen LogP contribution in [0.15, 0.2) is 158 Å².